The van der Waals surface area contributed by atoms with Gasteiger partial charge < -0.3 is 4.74 Å². The highest BCUT2D eigenvalue weighted by atomic mass is 35.5. The van der Waals surface area contributed by atoms with Crippen molar-refractivity contribution in [2.75, 3.05) is 11.9 Å². The Kier molecular flexibility index (Phi) is 5.31. The molecule has 0 spiro atoms. The number of nitrogens with one attached hydrogen (secondary N) is 1. The van der Waals surface area contributed by atoms with E-state index < -0.39 is 0 Å². The standard InChI is InChI=1S/C18H14ClFN2O2S/c1-11-8-14(6-7-15(11)19)24-9-17(23)22-18-21-16(10-25-18)12-2-4-13(20)5-3-12/h2-8,10H,9H2,1H3,(H,21,22,23). The Morgan fingerprint density at radius 3 is 2.76 bits per heavy atom. The van der Waals surface area contributed by atoms with Crippen molar-refractivity contribution in [2.24, 2.45) is 0 Å². The summed E-state index contributed by atoms with van der Waals surface area (Å²) in [5.41, 5.74) is 2.34. The van der Waals surface area contributed by atoms with Gasteiger partial charge in [0.25, 0.3) is 5.91 Å². The fourth-order valence-electron chi connectivity index (χ4n) is 2.10. The van der Waals surface area contributed by atoms with Gasteiger partial charge in [-0.25, -0.2) is 9.37 Å². The number of carbonyl (C=O) groups is 1. The van der Waals surface area contributed by atoms with Gasteiger partial charge in [0, 0.05) is 16.0 Å². The maximum atomic E-state index is 13.0. The summed E-state index contributed by atoms with van der Waals surface area (Å²) in [5.74, 6) is -0.0436. The maximum absolute atomic E-state index is 13.0. The molecule has 4 nitrogen and oxygen atoms in total. The van der Waals surface area contributed by atoms with Gasteiger partial charge in [-0.1, -0.05) is 11.6 Å². The lowest BCUT2D eigenvalue weighted by Crippen LogP contribution is -2.20. The number of nitrogens with zero attached hydrogens (tertiary/aromatic N) is 1. The number of hydrogen-bond acceptors (Lipinski definition) is 4. The summed E-state index contributed by atoms with van der Waals surface area (Å²) in [7, 11) is 0. The SMILES string of the molecule is Cc1cc(OCC(=O)Nc2nc(-c3ccc(F)cc3)cs2)ccc1Cl. The minimum absolute atomic E-state index is 0.132. The van der Waals surface area contributed by atoms with Crippen molar-refractivity contribution >= 4 is 34.0 Å². The summed E-state index contributed by atoms with van der Waals surface area (Å²) in [6, 6.07) is 11.2. The normalized spacial score (nSPS) is 10.5. The van der Waals surface area contributed by atoms with Crippen molar-refractivity contribution in [2.45, 2.75) is 6.92 Å². The predicted octanol–water partition coefficient (Wildman–Crippen LogP) is 4.93. The van der Waals surface area contributed by atoms with Gasteiger partial charge in [0.2, 0.25) is 0 Å². The third-order valence-corrected chi connectivity index (χ3v) is 4.57. The molecule has 7 heteroatoms. The Morgan fingerprint density at radius 2 is 2.04 bits per heavy atom. The first-order valence-corrected chi connectivity index (χ1v) is 8.67. The van der Waals surface area contributed by atoms with E-state index in [4.69, 9.17) is 16.3 Å². The summed E-state index contributed by atoms with van der Waals surface area (Å²) in [5, 5.41) is 5.59. The van der Waals surface area contributed by atoms with Crippen LogP contribution in [0.4, 0.5) is 9.52 Å². The first-order chi connectivity index (χ1) is 12.0. The second-order valence-electron chi connectivity index (χ2n) is 5.29. The smallest absolute Gasteiger partial charge is 0.264 e. The van der Waals surface area contributed by atoms with E-state index in [1.807, 2.05) is 6.92 Å². The molecule has 2 aromatic carbocycles. The van der Waals surface area contributed by atoms with Gasteiger partial charge in [-0.15, -0.1) is 11.3 Å². The average molecular weight is 377 g/mol. The van der Waals surface area contributed by atoms with Crippen LogP contribution >= 0.6 is 22.9 Å². The quantitative estimate of drug-likeness (QED) is 0.687. The summed E-state index contributed by atoms with van der Waals surface area (Å²) in [4.78, 5) is 16.3. The first kappa shape index (κ1) is 17.4. The van der Waals surface area contributed by atoms with E-state index in [1.54, 1.807) is 35.7 Å². The number of halogens is 2. The van der Waals surface area contributed by atoms with Crippen molar-refractivity contribution in [3.8, 4) is 17.0 Å². The molecule has 1 heterocycles. The van der Waals surface area contributed by atoms with Crippen LogP contribution in [0, 0.1) is 12.7 Å². The zero-order chi connectivity index (χ0) is 17.8. The number of rotatable bonds is 5. The minimum atomic E-state index is -0.312. The predicted molar refractivity (Wildman–Crippen MR) is 97.8 cm³/mol. The van der Waals surface area contributed by atoms with E-state index in [0.29, 0.717) is 21.6 Å². The van der Waals surface area contributed by atoms with Crippen LogP contribution in [-0.4, -0.2) is 17.5 Å². The minimum Gasteiger partial charge on any atom is -0.484 e. The number of thiazole rings is 1. The number of benzene rings is 2. The largest absolute Gasteiger partial charge is 0.484 e. The molecule has 1 N–H and O–H groups in total. The second-order valence-corrected chi connectivity index (χ2v) is 6.56. The third-order valence-electron chi connectivity index (χ3n) is 3.39. The Bertz CT molecular complexity index is 896. The van der Waals surface area contributed by atoms with Gasteiger partial charge in [-0.3, -0.25) is 10.1 Å². The maximum Gasteiger partial charge on any atom is 0.264 e. The molecule has 0 fully saturated rings. The van der Waals surface area contributed by atoms with Crippen molar-refractivity contribution in [3.05, 3.63) is 64.2 Å². The number of amides is 1. The summed E-state index contributed by atoms with van der Waals surface area (Å²) in [6.45, 7) is 1.73. The van der Waals surface area contributed by atoms with E-state index in [1.165, 1.54) is 23.5 Å². The van der Waals surface area contributed by atoms with Crippen molar-refractivity contribution < 1.29 is 13.9 Å². The fraction of sp³-hybridized carbons (Fsp3) is 0.111. The molecule has 0 saturated carbocycles. The Morgan fingerprint density at radius 1 is 1.28 bits per heavy atom. The number of ether oxygens (including phenoxy) is 1. The highest BCUT2D eigenvalue weighted by Crippen LogP contribution is 2.25. The van der Waals surface area contributed by atoms with Crippen LogP contribution in [0.2, 0.25) is 5.02 Å². The zero-order valence-corrected chi connectivity index (χ0v) is 14.8. The van der Waals surface area contributed by atoms with Gasteiger partial charge in [-0.2, -0.15) is 0 Å². The molecule has 3 aromatic rings. The second kappa shape index (κ2) is 7.63. The summed E-state index contributed by atoms with van der Waals surface area (Å²) >= 11 is 7.24. The lowest BCUT2D eigenvalue weighted by Gasteiger charge is -2.07. The van der Waals surface area contributed by atoms with Gasteiger partial charge >= 0.3 is 0 Å². The molecule has 0 saturated heterocycles. The van der Waals surface area contributed by atoms with E-state index in [-0.39, 0.29) is 18.3 Å². The van der Waals surface area contributed by atoms with Gasteiger partial charge in [0.1, 0.15) is 11.6 Å². The fourth-order valence-corrected chi connectivity index (χ4v) is 2.95. The molecule has 1 aromatic heterocycles. The Labute approximate surface area is 153 Å². The molecular formula is C18H14ClFN2O2S. The number of hydrogen-bond donors (Lipinski definition) is 1. The van der Waals surface area contributed by atoms with E-state index in [0.717, 1.165) is 11.1 Å². The topological polar surface area (TPSA) is 51.2 Å². The van der Waals surface area contributed by atoms with Crippen LogP contribution < -0.4 is 10.1 Å². The number of anilines is 1. The van der Waals surface area contributed by atoms with Crippen LogP contribution in [0.15, 0.2) is 47.8 Å². The lowest BCUT2D eigenvalue weighted by molar-refractivity contribution is -0.118. The molecule has 25 heavy (non-hydrogen) atoms. The lowest BCUT2D eigenvalue weighted by atomic mass is 10.2. The van der Waals surface area contributed by atoms with Crippen LogP contribution in [0.25, 0.3) is 11.3 Å². The molecule has 0 aliphatic rings. The van der Waals surface area contributed by atoms with Crippen LogP contribution in [-0.2, 0) is 4.79 Å². The van der Waals surface area contributed by atoms with Crippen molar-refractivity contribution in [1.29, 1.82) is 0 Å². The van der Waals surface area contributed by atoms with Gasteiger partial charge in [0.05, 0.1) is 5.69 Å². The highest BCUT2D eigenvalue weighted by molar-refractivity contribution is 7.14. The zero-order valence-electron chi connectivity index (χ0n) is 13.3. The molecule has 0 aliphatic heterocycles. The monoisotopic (exact) mass is 376 g/mol. The molecule has 0 radical (unpaired) electrons. The highest BCUT2D eigenvalue weighted by Gasteiger charge is 2.09. The van der Waals surface area contributed by atoms with Crippen LogP contribution in [0.1, 0.15) is 5.56 Å². The molecule has 0 unspecified atom stereocenters. The molecule has 1 amide bonds. The summed E-state index contributed by atoms with van der Waals surface area (Å²) < 4.78 is 18.4. The number of carbonyl (C=O) groups excluding carboxylic acids is 1. The molecular weight excluding hydrogens is 363 g/mol. The molecule has 128 valence electrons. The molecule has 0 bridgehead atoms. The Hall–Kier alpha value is -2.44. The van der Waals surface area contributed by atoms with E-state index in [9.17, 15) is 9.18 Å². The third kappa shape index (κ3) is 4.55. The van der Waals surface area contributed by atoms with Crippen molar-refractivity contribution in [1.82, 2.24) is 4.98 Å². The Balaban J connectivity index is 1.58. The first-order valence-electron chi connectivity index (χ1n) is 7.41. The molecule has 0 atom stereocenters. The van der Waals surface area contributed by atoms with Gasteiger partial charge in [-0.05, 0) is 55.0 Å². The summed E-state index contributed by atoms with van der Waals surface area (Å²) in [6.07, 6.45) is 0. The molecule has 0 aliphatic carbocycles. The van der Waals surface area contributed by atoms with Crippen LogP contribution in [0.3, 0.4) is 0 Å². The van der Waals surface area contributed by atoms with Crippen LogP contribution in [0.5, 0.6) is 5.75 Å². The average Bonchev–Trinajstić information content (AvgIpc) is 3.05. The van der Waals surface area contributed by atoms with Crippen molar-refractivity contribution in [3.63, 3.8) is 0 Å². The number of aromatic nitrogens is 1. The van der Waals surface area contributed by atoms with E-state index in [2.05, 4.69) is 10.3 Å². The molecule has 3 rings (SSSR count). The van der Waals surface area contributed by atoms with Gasteiger partial charge in [0.15, 0.2) is 11.7 Å². The van der Waals surface area contributed by atoms with E-state index >= 15 is 0 Å². The number of aryl methyl sites for hydroxylation is 1.